The second kappa shape index (κ2) is 6.46. The number of hydrogen-bond donors (Lipinski definition) is 0. The summed E-state index contributed by atoms with van der Waals surface area (Å²) in [6.45, 7) is 2.05. The highest BCUT2D eigenvalue weighted by atomic mass is 15.3. The Balaban J connectivity index is 3.56. The minimum Gasteiger partial charge on any atom is -0.328 e. The molecule has 0 aliphatic rings. The van der Waals surface area contributed by atoms with Crippen molar-refractivity contribution < 1.29 is 4.48 Å². The van der Waals surface area contributed by atoms with Crippen LogP contribution in [0.3, 0.4) is 0 Å². The van der Waals surface area contributed by atoms with Gasteiger partial charge in [-0.25, -0.2) is 0 Å². The van der Waals surface area contributed by atoms with E-state index < -0.39 is 0 Å². The summed E-state index contributed by atoms with van der Waals surface area (Å²) in [5.74, 6) is 0. The maximum absolute atomic E-state index is 8.38. The Kier molecular flexibility index (Phi) is 5.93. The van der Waals surface area contributed by atoms with E-state index in [0.717, 1.165) is 30.4 Å². The van der Waals surface area contributed by atoms with Gasteiger partial charge in [-0.3, -0.25) is 0 Å². The van der Waals surface area contributed by atoms with Crippen molar-refractivity contribution in [1.82, 2.24) is 0 Å². The Morgan fingerprint density at radius 1 is 0.923 bits per heavy atom. The highest BCUT2D eigenvalue weighted by Gasteiger charge is 2.13. The molecule has 0 radical (unpaired) electrons. The molecule has 0 saturated carbocycles. The van der Waals surface area contributed by atoms with E-state index in [1.165, 1.54) is 0 Å². The highest BCUT2D eigenvalue weighted by molar-refractivity contribution is 4.69. The molecule has 0 unspecified atom stereocenters. The Morgan fingerprint density at radius 2 is 1.31 bits per heavy atom. The van der Waals surface area contributed by atoms with Gasteiger partial charge in [0.1, 0.15) is 0 Å². The second-order valence-corrected chi connectivity index (χ2v) is 3.91. The van der Waals surface area contributed by atoms with Gasteiger partial charge in [0.2, 0.25) is 0 Å². The van der Waals surface area contributed by atoms with Gasteiger partial charge in [-0.2, -0.15) is 10.5 Å². The quantitative estimate of drug-likeness (QED) is 0.461. The number of nitrogens with zero attached hydrogens (tertiary/aromatic N) is 3. The lowest BCUT2D eigenvalue weighted by atomic mass is 10.2. The fourth-order valence-corrected chi connectivity index (χ4v) is 1.28. The molecule has 0 heterocycles. The zero-order valence-electron chi connectivity index (χ0n) is 8.58. The molecule has 0 spiro atoms. The summed E-state index contributed by atoms with van der Waals surface area (Å²) in [5.41, 5.74) is 0. The number of nitriles is 2. The zero-order valence-corrected chi connectivity index (χ0v) is 8.58. The maximum Gasteiger partial charge on any atom is 0.0792 e. The molecule has 0 aliphatic carbocycles. The van der Waals surface area contributed by atoms with Crippen molar-refractivity contribution in [2.45, 2.75) is 25.7 Å². The smallest absolute Gasteiger partial charge is 0.0792 e. The fourth-order valence-electron chi connectivity index (χ4n) is 1.28. The van der Waals surface area contributed by atoms with Crippen molar-refractivity contribution in [3.63, 3.8) is 0 Å². The molecule has 0 rings (SSSR count). The third-order valence-corrected chi connectivity index (χ3v) is 2.10. The van der Waals surface area contributed by atoms with Crippen LogP contribution in [0.5, 0.6) is 0 Å². The largest absolute Gasteiger partial charge is 0.328 e. The van der Waals surface area contributed by atoms with Crippen LogP contribution in [0.2, 0.25) is 0 Å². The van der Waals surface area contributed by atoms with Gasteiger partial charge in [-0.1, -0.05) is 0 Å². The first-order valence-electron chi connectivity index (χ1n) is 4.68. The van der Waals surface area contributed by atoms with E-state index in [0.29, 0.717) is 12.8 Å². The average molecular weight is 180 g/mol. The molecule has 0 bridgehead atoms. The Morgan fingerprint density at radius 3 is 1.62 bits per heavy atom. The van der Waals surface area contributed by atoms with Crippen molar-refractivity contribution in [3.05, 3.63) is 0 Å². The highest BCUT2D eigenvalue weighted by Crippen LogP contribution is 2.04. The van der Waals surface area contributed by atoms with E-state index in [1.807, 2.05) is 0 Å². The molecular weight excluding hydrogens is 162 g/mol. The minimum absolute atomic E-state index is 0.639. The number of hydrogen-bond acceptors (Lipinski definition) is 2. The topological polar surface area (TPSA) is 47.6 Å². The Labute approximate surface area is 80.8 Å². The molecular formula is C10H18N3+. The van der Waals surface area contributed by atoms with Crippen LogP contribution in [0.15, 0.2) is 0 Å². The lowest BCUT2D eigenvalue weighted by Gasteiger charge is -2.29. The van der Waals surface area contributed by atoms with Gasteiger partial charge in [0.05, 0.1) is 39.3 Å². The van der Waals surface area contributed by atoms with Crippen LogP contribution in [0.25, 0.3) is 0 Å². The average Bonchev–Trinajstić information content (AvgIpc) is 2.05. The van der Waals surface area contributed by atoms with Crippen LogP contribution < -0.4 is 0 Å². The number of quaternary nitrogens is 1. The van der Waals surface area contributed by atoms with Gasteiger partial charge < -0.3 is 4.48 Å². The van der Waals surface area contributed by atoms with E-state index in [4.69, 9.17) is 10.5 Å². The first kappa shape index (κ1) is 11.9. The standard InChI is InChI=1S/C10H18N3/c1-13(2,9-5-3-7-11)10-6-4-8-12/h3-6,9-10H2,1-2H3/q+1. The first-order valence-corrected chi connectivity index (χ1v) is 4.68. The molecule has 0 saturated heterocycles. The van der Waals surface area contributed by atoms with E-state index >= 15 is 0 Å². The molecule has 0 aromatic carbocycles. The molecule has 0 fully saturated rings. The molecule has 0 amide bonds. The molecule has 3 nitrogen and oxygen atoms in total. The number of rotatable bonds is 6. The molecule has 0 aromatic rings. The van der Waals surface area contributed by atoms with Crippen molar-refractivity contribution in [1.29, 1.82) is 10.5 Å². The predicted octanol–water partition coefficient (Wildman–Crippen LogP) is 1.67. The summed E-state index contributed by atoms with van der Waals surface area (Å²) < 4.78 is 0.920. The predicted molar refractivity (Wildman–Crippen MR) is 51.5 cm³/mol. The fraction of sp³-hybridized carbons (Fsp3) is 0.800. The summed E-state index contributed by atoms with van der Waals surface area (Å²) in [5, 5.41) is 16.8. The molecule has 72 valence electrons. The molecule has 0 N–H and O–H groups in total. The third-order valence-electron chi connectivity index (χ3n) is 2.10. The van der Waals surface area contributed by atoms with Crippen LogP contribution in [0.1, 0.15) is 25.7 Å². The summed E-state index contributed by atoms with van der Waals surface area (Å²) in [6, 6.07) is 4.29. The normalized spacial score (nSPS) is 10.5. The lowest BCUT2D eigenvalue weighted by molar-refractivity contribution is -0.890. The van der Waals surface area contributed by atoms with Gasteiger partial charge in [-0.05, 0) is 0 Å². The van der Waals surface area contributed by atoms with Crippen molar-refractivity contribution in [2.24, 2.45) is 0 Å². The van der Waals surface area contributed by atoms with Crippen molar-refractivity contribution in [3.8, 4) is 12.1 Å². The van der Waals surface area contributed by atoms with Crippen LogP contribution in [0, 0.1) is 22.7 Å². The first-order chi connectivity index (χ1) is 6.12. The zero-order chi connectivity index (χ0) is 10.2. The van der Waals surface area contributed by atoms with Crippen LogP contribution in [-0.4, -0.2) is 31.7 Å². The minimum atomic E-state index is 0.639. The number of unbranched alkanes of at least 4 members (excludes halogenated alkanes) is 2. The second-order valence-electron chi connectivity index (χ2n) is 3.91. The van der Waals surface area contributed by atoms with Crippen LogP contribution in [-0.2, 0) is 0 Å². The van der Waals surface area contributed by atoms with Crippen LogP contribution >= 0.6 is 0 Å². The van der Waals surface area contributed by atoms with Gasteiger partial charge in [0.25, 0.3) is 0 Å². The SMILES string of the molecule is C[N+](C)(CCCC#N)CCCC#N. The van der Waals surface area contributed by atoms with Gasteiger partial charge in [0, 0.05) is 25.7 Å². The van der Waals surface area contributed by atoms with Gasteiger partial charge >= 0.3 is 0 Å². The van der Waals surface area contributed by atoms with Crippen LogP contribution in [0.4, 0.5) is 0 Å². The Bertz CT molecular complexity index is 185. The molecule has 3 heteroatoms. The van der Waals surface area contributed by atoms with Gasteiger partial charge in [0.15, 0.2) is 0 Å². The summed E-state index contributed by atoms with van der Waals surface area (Å²) in [7, 11) is 4.30. The van der Waals surface area contributed by atoms with E-state index in [9.17, 15) is 0 Å². The van der Waals surface area contributed by atoms with E-state index in [2.05, 4.69) is 26.2 Å². The molecule has 0 atom stereocenters. The monoisotopic (exact) mass is 180 g/mol. The molecule has 13 heavy (non-hydrogen) atoms. The van der Waals surface area contributed by atoms with E-state index in [-0.39, 0.29) is 0 Å². The van der Waals surface area contributed by atoms with Crippen molar-refractivity contribution >= 4 is 0 Å². The third kappa shape index (κ3) is 7.31. The van der Waals surface area contributed by atoms with Gasteiger partial charge in [-0.15, -0.1) is 0 Å². The maximum atomic E-state index is 8.38. The summed E-state index contributed by atoms with van der Waals surface area (Å²) in [4.78, 5) is 0. The van der Waals surface area contributed by atoms with Crippen molar-refractivity contribution in [2.75, 3.05) is 27.2 Å². The summed E-state index contributed by atoms with van der Waals surface area (Å²) in [6.07, 6.45) is 3.19. The Hall–Kier alpha value is -1.06. The molecule has 0 aromatic heterocycles. The lowest BCUT2D eigenvalue weighted by Crippen LogP contribution is -2.41. The molecule has 0 aliphatic heterocycles. The van der Waals surface area contributed by atoms with E-state index in [1.54, 1.807) is 0 Å². The summed E-state index contributed by atoms with van der Waals surface area (Å²) >= 11 is 0.